The van der Waals surface area contributed by atoms with Gasteiger partial charge in [0.2, 0.25) is 0 Å². The maximum Gasteiger partial charge on any atom is 0.0713 e. The molecule has 1 unspecified atom stereocenters. The quantitative estimate of drug-likeness (QED) is 0.874. The summed E-state index contributed by atoms with van der Waals surface area (Å²) in [6.07, 6.45) is 2.60. The first-order valence-electron chi connectivity index (χ1n) is 8.17. The molecule has 2 N–H and O–H groups in total. The maximum absolute atomic E-state index is 6.06. The zero-order valence-corrected chi connectivity index (χ0v) is 13.7. The van der Waals surface area contributed by atoms with Crippen LogP contribution in [0.4, 0.5) is 0 Å². The highest BCUT2D eigenvalue weighted by molar-refractivity contribution is 5.25. The number of hydrogen-bond acceptors (Lipinski definition) is 3. The number of ether oxygens (including phenoxy) is 1. The van der Waals surface area contributed by atoms with Crippen molar-refractivity contribution >= 4 is 0 Å². The Bertz CT molecular complexity index is 408. The third-order valence-electron chi connectivity index (χ3n) is 4.86. The zero-order chi connectivity index (χ0) is 15.2. The lowest BCUT2D eigenvalue weighted by molar-refractivity contribution is 0.117. The maximum atomic E-state index is 6.06. The van der Waals surface area contributed by atoms with Gasteiger partial charge >= 0.3 is 0 Å². The first-order chi connectivity index (χ1) is 10.2. The van der Waals surface area contributed by atoms with Crippen LogP contribution in [0.25, 0.3) is 0 Å². The number of rotatable bonds is 6. The lowest BCUT2D eigenvalue weighted by atomic mass is 9.86. The van der Waals surface area contributed by atoms with Gasteiger partial charge in [-0.15, -0.1) is 0 Å². The lowest BCUT2D eigenvalue weighted by Gasteiger charge is -2.38. The number of benzene rings is 1. The molecule has 118 valence electrons. The van der Waals surface area contributed by atoms with Crippen molar-refractivity contribution in [3.8, 4) is 0 Å². The number of methoxy groups -OCH3 is 1. The standard InChI is InChI=1S/C18H30N2O/c1-14(2)16-8-10-20(11-9-16)18(12-19)17-6-4-15(5-7-17)13-21-3/h4-7,14,16,18H,8-13,19H2,1-3H3. The fourth-order valence-corrected chi connectivity index (χ4v) is 3.40. The molecule has 1 atom stereocenters. The van der Waals surface area contributed by atoms with Crippen molar-refractivity contribution in [3.05, 3.63) is 35.4 Å². The molecule has 1 aliphatic rings. The molecule has 0 bridgehead atoms. The normalized spacial score (nSPS) is 19.1. The summed E-state index contributed by atoms with van der Waals surface area (Å²) in [5.74, 6) is 1.68. The van der Waals surface area contributed by atoms with E-state index >= 15 is 0 Å². The van der Waals surface area contributed by atoms with Gasteiger partial charge < -0.3 is 10.5 Å². The molecule has 3 nitrogen and oxygen atoms in total. The molecule has 1 heterocycles. The van der Waals surface area contributed by atoms with Gasteiger partial charge in [0.1, 0.15) is 0 Å². The lowest BCUT2D eigenvalue weighted by Crippen LogP contribution is -2.40. The van der Waals surface area contributed by atoms with Crippen molar-refractivity contribution in [1.82, 2.24) is 4.90 Å². The number of nitrogens with two attached hydrogens (primary N) is 1. The molecule has 0 amide bonds. The van der Waals surface area contributed by atoms with Crippen molar-refractivity contribution in [2.45, 2.75) is 39.3 Å². The summed E-state index contributed by atoms with van der Waals surface area (Å²) in [5, 5.41) is 0. The van der Waals surface area contributed by atoms with Gasteiger partial charge in [-0.3, -0.25) is 4.90 Å². The molecule has 0 spiro atoms. The first-order valence-corrected chi connectivity index (χ1v) is 8.17. The van der Waals surface area contributed by atoms with Crippen LogP contribution in [0.15, 0.2) is 24.3 Å². The van der Waals surface area contributed by atoms with Crippen LogP contribution in [0.1, 0.15) is 43.9 Å². The Kier molecular flexibility index (Phi) is 6.22. The van der Waals surface area contributed by atoms with Crippen LogP contribution in [0.2, 0.25) is 0 Å². The Balaban J connectivity index is 1.99. The average Bonchev–Trinajstić information content (AvgIpc) is 2.50. The molecule has 3 heteroatoms. The second kappa shape index (κ2) is 7.92. The third-order valence-corrected chi connectivity index (χ3v) is 4.86. The number of likely N-dealkylation sites (tertiary alicyclic amines) is 1. The van der Waals surface area contributed by atoms with E-state index in [0.717, 1.165) is 11.8 Å². The van der Waals surface area contributed by atoms with Gasteiger partial charge in [-0.05, 0) is 48.9 Å². The highest BCUT2D eigenvalue weighted by Gasteiger charge is 2.26. The van der Waals surface area contributed by atoms with E-state index in [1.165, 1.54) is 37.1 Å². The van der Waals surface area contributed by atoms with Crippen LogP contribution in [0.5, 0.6) is 0 Å². The van der Waals surface area contributed by atoms with E-state index in [0.29, 0.717) is 19.2 Å². The van der Waals surface area contributed by atoms with E-state index in [1.807, 2.05) is 0 Å². The molecule has 0 aliphatic carbocycles. The minimum absolute atomic E-state index is 0.356. The second-order valence-corrected chi connectivity index (χ2v) is 6.54. The van der Waals surface area contributed by atoms with Crippen LogP contribution < -0.4 is 5.73 Å². The molecule has 0 radical (unpaired) electrons. The van der Waals surface area contributed by atoms with E-state index in [1.54, 1.807) is 7.11 Å². The van der Waals surface area contributed by atoms with Crippen LogP contribution in [0, 0.1) is 11.8 Å². The van der Waals surface area contributed by atoms with Crippen LogP contribution >= 0.6 is 0 Å². The van der Waals surface area contributed by atoms with Crippen LogP contribution in [-0.4, -0.2) is 31.6 Å². The van der Waals surface area contributed by atoms with Gasteiger partial charge in [0.15, 0.2) is 0 Å². The third kappa shape index (κ3) is 4.29. The molecule has 0 aromatic heterocycles. The summed E-state index contributed by atoms with van der Waals surface area (Å²) >= 11 is 0. The monoisotopic (exact) mass is 290 g/mol. The van der Waals surface area contributed by atoms with Gasteiger partial charge in [-0.25, -0.2) is 0 Å². The Morgan fingerprint density at radius 3 is 2.29 bits per heavy atom. The molecule has 1 fully saturated rings. The predicted octanol–water partition coefficient (Wildman–Crippen LogP) is 3.20. The van der Waals surface area contributed by atoms with E-state index < -0.39 is 0 Å². The van der Waals surface area contributed by atoms with Crippen molar-refractivity contribution in [2.75, 3.05) is 26.7 Å². The Hall–Kier alpha value is -0.900. The fraction of sp³-hybridized carbons (Fsp3) is 0.667. The summed E-state index contributed by atoms with van der Waals surface area (Å²) in [6.45, 7) is 8.39. The van der Waals surface area contributed by atoms with E-state index in [9.17, 15) is 0 Å². The predicted molar refractivity (Wildman–Crippen MR) is 88.1 cm³/mol. The van der Waals surface area contributed by atoms with Gasteiger partial charge in [0.25, 0.3) is 0 Å². The molecule has 1 aromatic carbocycles. The minimum Gasteiger partial charge on any atom is -0.380 e. The van der Waals surface area contributed by atoms with E-state index in [-0.39, 0.29) is 0 Å². The highest BCUT2D eigenvalue weighted by atomic mass is 16.5. The topological polar surface area (TPSA) is 38.5 Å². The van der Waals surface area contributed by atoms with Gasteiger partial charge in [-0.1, -0.05) is 38.1 Å². The fourth-order valence-electron chi connectivity index (χ4n) is 3.40. The van der Waals surface area contributed by atoms with Crippen molar-refractivity contribution in [2.24, 2.45) is 17.6 Å². The van der Waals surface area contributed by atoms with Crippen LogP contribution in [-0.2, 0) is 11.3 Å². The van der Waals surface area contributed by atoms with Crippen LogP contribution in [0.3, 0.4) is 0 Å². The molecule has 21 heavy (non-hydrogen) atoms. The van der Waals surface area contributed by atoms with Gasteiger partial charge in [0, 0.05) is 19.7 Å². The number of piperidine rings is 1. The Morgan fingerprint density at radius 2 is 1.81 bits per heavy atom. The molecular formula is C18H30N2O. The average molecular weight is 290 g/mol. The first kappa shape index (κ1) is 16.5. The van der Waals surface area contributed by atoms with E-state index in [4.69, 9.17) is 10.5 Å². The number of nitrogens with zero attached hydrogens (tertiary/aromatic N) is 1. The van der Waals surface area contributed by atoms with Crippen molar-refractivity contribution in [1.29, 1.82) is 0 Å². The van der Waals surface area contributed by atoms with Crippen molar-refractivity contribution in [3.63, 3.8) is 0 Å². The molecular weight excluding hydrogens is 260 g/mol. The summed E-state index contributed by atoms with van der Waals surface area (Å²) < 4.78 is 5.17. The minimum atomic E-state index is 0.356. The highest BCUT2D eigenvalue weighted by Crippen LogP contribution is 2.29. The van der Waals surface area contributed by atoms with Gasteiger partial charge in [-0.2, -0.15) is 0 Å². The molecule has 1 aliphatic heterocycles. The smallest absolute Gasteiger partial charge is 0.0713 e. The zero-order valence-electron chi connectivity index (χ0n) is 13.7. The van der Waals surface area contributed by atoms with Crippen molar-refractivity contribution < 1.29 is 4.74 Å². The molecule has 1 saturated heterocycles. The summed E-state index contributed by atoms with van der Waals surface area (Å²) in [7, 11) is 1.73. The Labute approximate surface area is 129 Å². The Morgan fingerprint density at radius 1 is 1.19 bits per heavy atom. The van der Waals surface area contributed by atoms with E-state index in [2.05, 4.69) is 43.0 Å². The summed E-state index contributed by atoms with van der Waals surface area (Å²) in [6, 6.07) is 9.08. The SMILES string of the molecule is COCc1ccc(C(CN)N2CCC(C(C)C)CC2)cc1. The van der Waals surface area contributed by atoms with Gasteiger partial charge in [0.05, 0.1) is 6.61 Å². The largest absolute Gasteiger partial charge is 0.380 e. The molecule has 1 aromatic rings. The molecule has 2 rings (SSSR count). The summed E-state index contributed by atoms with van der Waals surface area (Å²) in [5.41, 5.74) is 8.61. The molecule has 0 saturated carbocycles. The second-order valence-electron chi connectivity index (χ2n) is 6.54. The summed E-state index contributed by atoms with van der Waals surface area (Å²) in [4.78, 5) is 2.56. The number of hydrogen-bond donors (Lipinski definition) is 1.